The number of carbonyl (C=O) groups is 2. The van der Waals surface area contributed by atoms with E-state index >= 15 is 0 Å². The van der Waals surface area contributed by atoms with Gasteiger partial charge in [0, 0.05) is 0 Å². The Morgan fingerprint density at radius 2 is 1.67 bits per heavy atom. The zero-order chi connectivity index (χ0) is 25.8. The molecule has 1 fully saturated rings. The highest BCUT2D eigenvalue weighted by atomic mass is 32.2. The number of benzene rings is 3. The highest BCUT2D eigenvalue weighted by Crippen LogP contribution is 2.38. The summed E-state index contributed by atoms with van der Waals surface area (Å²) in [5, 5.41) is 0. The van der Waals surface area contributed by atoms with E-state index in [2.05, 4.69) is 32.9 Å². The molecule has 4 rings (SSSR count). The molecule has 1 amide bonds. The van der Waals surface area contributed by atoms with E-state index in [9.17, 15) is 9.59 Å². The molecule has 1 saturated heterocycles. The standard InChI is InChI=1S/C29H27NO4S2/c1-18-14-20(3)23(15-19(18)2)17-34-24-12-10-21(11-13-24)16-25-27(31)30(29(35)36-25)26(28(32)33-4)22-8-6-5-7-9-22/h5-16,26H,17H2,1-4H3/b25-16+. The lowest BCUT2D eigenvalue weighted by Crippen LogP contribution is -2.37. The third-order valence-electron chi connectivity index (χ3n) is 6.15. The summed E-state index contributed by atoms with van der Waals surface area (Å²) in [5.74, 6) is -0.124. The number of thioether (sulfide) groups is 1. The van der Waals surface area contributed by atoms with Crippen LogP contribution in [0.3, 0.4) is 0 Å². The Morgan fingerprint density at radius 1 is 1.00 bits per heavy atom. The van der Waals surface area contributed by atoms with Gasteiger partial charge in [-0.2, -0.15) is 0 Å². The number of amides is 1. The number of esters is 1. The number of aryl methyl sites for hydroxylation is 3. The molecule has 1 atom stereocenters. The third-order valence-corrected chi connectivity index (χ3v) is 7.48. The van der Waals surface area contributed by atoms with Crippen molar-refractivity contribution < 1.29 is 19.1 Å². The fourth-order valence-corrected chi connectivity index (χ4v) is 5.30. The van der Waals surface area contributed by atoms with Gasteiger partial charge in [0.1, 0.15) is 16.7 Å². The predicted octanol–water partition coefficient (Wildman–Crippen LogP) is 6.31. The fourth-order valence-electron chi connectivity index (χ4n) is 3.99. The number of nitrogens with zero attached hydrogens (tertiary/aromatic N) is 1. The van der Waals surface area contributed by atoms with Gasteiger partial charge < -0.3 is 9.47 Å². The van der Waals surface area contributed by atoms with Crippen LogP contribution in [0.1, 0.15) is 39.4 Å². The van der Waals surface area contributed by atoms with Crippen molar-refractivity contribution in [1.29, 1.82) is 0 Å². The molecular weight excluding hydrogens is 490 g/mol. The summed E-state index contributed by atoms with van der Waals surface area (Å²) in [6.07, 6.45) is 1.77. The number of hydrogen-bond donors (Lipinski definition) is 0. The van der Waals surface area contributed by atoms with Gasteiger partial charge in [0.25, 0.3) is 5.91 Å². The Hall–Kier alpha value is -3.42. The van der Waals surface area contributed by atoms with Crippen LogP contribution in [-0.4, -0.2) is 28.2 Å². The molecule has 0 spiro atoms. The molecule has 1 aliphatic heterocycles. The number of ether oxygens (including phenoxy) is 2. The molecule has 0 bridgehead atoms. The second-order valence-electron chi connectivity index (χ2n) is 8.61. The molecule has 3 aromatic rings. The van der Waals surface area contributed by atoms with Gasteiger partial charge in [-0.3, -0.25) is 9.69 Å². The smallest absolute Gasteiger partial charge is 0.333 e. The molecule has 0 saturated carbocycles. The molecule has 3 aromatic carbocycles. The van der Waals surface area contributed by atoms with Gasteiger partial charge >= 0.3 is 5.97 Å². The summed E-state index contributed by atoms with van der Waals surface area (Å²) >= 11 is 6.66. The molecule has 184 valence electrons. The number of carbonyl (C=O) groups excluding carboxylic acids is 2. The normalized spacial score (nSPS) is 15.3. The number of methoxy groups -OCH3 is 1. The van der Waals surface area contributed by atoms with Crippen LogP contribution in [0, 0.1) is 20.8 Å². The van der Waals surface area contributed by atoms with Crippen LogP contribution in [0.5, 0.6) is 5.75 Å². The molecule has 1 unspecified atom stereocenters. The molecule has 1 heterocycles. The van der Waals surface area contributed by atoms with E-state index < -0.39 is 12.0 Å². The van der Waals surface area contributed by atoms with Crippen LogP contribution < -0.4 is 4.74 Å². The summed E-state index contributed by atoms with van der Waals surface area (Å²) in [6, 6.07) is 20.0. The van der Waals surface area contributed by atoms with Gasteiger partial charge in [0.2, 0.25) is 0 Å². The first-order valence-corrected chi connectivity index (χ1v) is 12.7. The monoisotopic (exact) mass is 517 g/mol. The number of hydrogen-bond acceptors (Lipinski definition) is 6. The summed E-state index contributed by atoms with van der Waals surface area (Å²) in [6.45, 7) is 6.78. The van der Waals surface area contributed by atoms with Crippen molar-refractivity contribution in [1.82, 2.24) is 4.90 Å². The average Bonchev–Trinajstić information content (AvgIpc) is 3.14. The van der Waals surface area contributed by atoms with E-state index in [0.29, 0.717) is 21.4 Å². The Labute approximate surface area is 221 Å². The second-order valence-corrected chi connectivity index (χ2v) is 10.3. The van der Waals surface area contributed by atoms with Gasteiger partial charge in [-0.05, 0) is 72.4 Å². The number of thiocarbonyl (C=S) groups is 1. The van der Waals surface area contributed by atoms with Crippen LogP contribution >= 0.6 is 24.0 Å². The zero-order valence-corrected chi connectivity index (χ0v) is 22.2. The average molecular weight is 518 g/mol. The quantitative estimate of drug-likeness (QED) is 0.208. The first-order valence-electron chi connectivity index (χ1n) is 11.5. The molecular formula is C29H27NO4S2. The van der Waals surface area contributed by atoms with Gasteiger partial charge in [-0.25, -0.2) is 4.79 Å². The lowest BCUT2D eigenvalue weighted by Gasteiger charge is -2.24. The van der Waals surface area contributed by atoms with Crippen LogP contribution in [0.2, 0.25) is 0 Å². The minimum Gasteiger partial charge on any atom is -0.489 e. The summed E-state index contributed by atoms with van der Waals surface area (Å²) < 4.78 is 11.3. The van der Waals surface area contributed by atoms with E-state index in [1.54, 1.807) is 18.2 Å². The van der Waals surface area contributed by atoms with E-state index in [4.69, 9.17) is 21.7 Å². The predicted molar refractivity (Wildman–Crippen MR) is 148 cm³/mol. The Bertz CT molecular complexity index is 1330. The maximum absolute atomic E-state index is 13.3. The maximum atomic E-state index is 13.3. The van der Waals surface area contributed by atoms with Crippen LogP contribution in [0.25, 0.3) is 6.08 Å². The minimum absolute atomic E-state index is 0.314. The van der Waals surface area contributed by atoms with Crippen molar-refractivity contribution in [3.05, 3.63) is 105 Å². The first-order chi connectivity index (χ1) is 17.3. The zero-order valence-electron chi connectivity index (χ0n) is 20.6. The van der Waals surface area contributed by atoms with Gasteiger partial charge in [0.15, 0.2) is 6.04 Å². The van der Waals surface area contributed by atoms with Crippen molar-refractivity contribution in [2.24, 2.45) is 0 Å². The molecule has 1 aliphatic rings. The maximum Gasteiger partial charge on any atom is 0.333 e. The highest BCUT2D eigenvalue weighted by Gasteiger charge is 2.41. The minimum atomic E-state index is -0.931. The first kappa shape index (κ1) is 25.7. The van der Waals surface area contributed by atoms with E-state index in [1.165, 1.54) is 40.5 Å². The Morgan fingerprint density at radius 3 is 2.33 bits per heavy atom. The summed E-state index contributed by atoms with van der Waals surface area (Å²) in [7, 11) is 1.30. The Balaban J connectivity index is 1.49. The van der Waals surface area contributed by atoms with Crippen LogP contribution in [0.4, 0.5) is 0 Å². The lowest BCUT2D eigenvalue weighted by atomic mass is 10.0. The van der Waals surface area contributed by atoms with Gasteiger partial charge in [0.05, 0.1) is 12.0 Å². The summed E-state index contributed by atoms with van der Waals surface area (Å²) in [5.41, 5.74) is 6.35. The van der Waals surface area contributed by atoms with Crippen molar-refractivity contribution in [2.75, 3.05) is 7.11 Å². The molecule has 0 aromatic heterocycles. The van der Waals surface area contributed by atoms with Crippen LogP contribution in [-0.2, 0) is 20.9 Å². The van der Waals surface area contributed by atoms with Crippen molar-refractivity contribution in [3.63, 3.8) is 0 Å². The van der Waals surface area contributed by atoms with Gasteiger partial charge in [-0.1, -0.05) is 78.6 Å². The molecule has 0 N–H and O–H groups in total. The molecule has 7 heteroatoms. The third kappa shape index (κ3) is 5.53. The lowest BCUT2D eigenvalue weighted by molar-refractivity contribution is -0.148. The van der Waals surface area contributed by atoms with E-state index in [0.717, 1.165) is 16.9 Å². The van der Waals surface area contributed by atoms with Gasteiger partial charge in [-0.15, -0.1) is 0 Å². The Kier molecular flexibility index (Phi) is 7.91. The topological polar surface area (TPSA) is 55.8 Å². The molecule has 0 aliphatic carbocycles. The number of rotatable bonds is 7. The van der Waals surface area contributed by atoms with E-state index in [-0.39, 0.29) is 5.91 Å². The van der Waals surface area contributed by atoms with Crippen molar-refractivity contribution in [3.8, 4) is 5.75 Å². The molecule has 5 nitrogen and oxygen atoms in total. The largest absolute Gasteiger partial charge is 0.489 e. The molecule has 0 radical (unpaired) electrons. The summed E-state index contributed by atoms with van der Waals surface area (Å²) in [4.78, 5) is 27.7. The van der Waals surface area contributed by atoms with Crippen LogP contribution in [0.15, 0.2) is 71.6 Å². The van der Waals surface area contributed by atoms with E-state index in [1.807, 2.05) is 42.5 Å². The van der Waals surface area contributed by atoms with Crippen molar-refractivity contribution in [2.45, 2.75) is 33.4 Å². The molecule has 36 heavy (non-hydrogen) atoms. The highest BCUT2D eigenvalue weighted by molar-refractivity contribution is 8.26. The van der Waals surface area contributed by atoms with Crippen molar-refractivity contribution >= 4 is 46.3 Å². The SMILES string of the molecule is COC(=O)C(c1ccccc1)N1C(=O)/C(=C\c2ccc(OCc3cc(C)c(C)cc3C)cc2)SC1=S. The fraction of sp³-hybridized carbons (Fsp3) is 0.207. The second kappa shape index (κ2) is 11.1.